The van der Waals surface area contributed by atoms with E-state index >= 15 is 0 Å². The molecule has 1 saturated heterocycles. The van der Waals surface area contributed by atoms with Gasteiger partial charge in [0.25, 0.3) is 0 Å². The minimum Gasteiger partial charge on any atom is -0.379 e. The van der Waals surface area contributed by atoms with Crippen LogP contribution in [0.1, 0.15) is 43.0 Å². The average Bonchev–Trinajstić information content (AvgIpc) is 2.75. The van der Waals surface area contributed by atoms with Crippen molar-refractivity contribution in [1.82, 2.24) is 10.2 Å². The molecule has 1 fully saturated rings. The third kappa shape index (κ3) is 6.31. The number of carbonyl (C=O) groups is 1. The van der Waals surface area contributed by atoms with E-state index in [9.17, 15) is 18.0 Å². The zero-order chi connectivity index (χ0) is 22.5. The van der Waals surface area contributed by atoms with Gasteiger partial charge in [0.05, 0.1) is 24.8 Å². The Kier molecular flexibility index (Phi) is 7.38. The molecular formula is C24H29F3N2O2. The monoisotopic (exact) mass is 434 g/mol. The largest absolute Gasteiger partial charge is 0.416 e. The maximum atomic E-state index is 12.9. The minimum atomic E-state index is -4.37. The van der Waals surface area contributed by atoms with Gasteiger partial charge in [0.15, 0.2) is 0 Å². The Labute approximate surface area is 181 Å². The van der Waals surface area contributed by atoms with Gasteiger partial charge in [-0.05, 0) is 28.7 Å². The van der Waals surface area contributed by atoms with Crippen LogP contribution in [-0.2, 0) is 21.1 Å². The van der Waals surface area contributed by atoms with Crippen molar-refractivity contribution in [3.63, 3.8) is 0 Å². The van der Waals surface area contributed by atoms with Gasteiger partial charge >= 0.3 is 6.18 Å². The van der Waals surface area contributed by atoms with Crippen LogP contribution in [-0.4, -0.2) is 43.7 Å². The molecule has 0 aromatic heterocycles. The van der Waals surface area contributed by atoms with Crippen LogP contribution in [0.3, 0.4) is 0 Å². The standard InChI is InChI=1S/C24H29F3N2O2/c1-23(2,19-6-4-3-5-7-19)16-22(30)28-17-21(29-12-14-31-15-13-29)18-8-10-20(11-9-18)24(25,26)27/h3-11,21H,12-17H2,1-2H3,(H,28,30). The SMILES string of the molecule is CC(C)(CC(=O)NCC(c1ccc(C(F)(F)F)cc1)N1CCOCC1)c1ccccc1. The highest BCUT2D eigenvalue weighted by atomic mass is 19.4. The molecule has 1 unspecified atom stereocenters. The Bertz CT molecular complexity index is 845. The average molecular weight is 435 g/mol. The number of nitrogens with zero attached hydrogens (tertiary/aromatic N) is 1. The minimum absolute atomic E-state index is 0.0842. The second-order valence-corrected chi connectivity index (χ2v) is 8.51. The maximum absolute atomic E-state index is 12.9. The highest BCUT2D eigenvalue weighted by Crippen LogP contribution is 2.31. The summed E-state index contributed by atoms with van der Waals surface area (Å²) in [6.45, 7) is 6.83. The molecule has 1 atom stereocenters. The fraction of sp³-hybridized carbons (Fsp3) is 0.458. The molecule has 1 heterocycles. The zero-order valence-corrected chi connectivity index (χ0v) is 17.9. The van der Waals surface area contributed by atoms with Gasteiger partial charge in [-0.2, -0.15) is 13.2 Å². The van der Waals surface area contributed by atoms with E-state index in [-0.39, 0.29) is 17.4 Å². The predicted molar refractivity (Wildman–Crippen MR) is 114 cm³/mol. The van der Waals surface area contributed by atoms with Crippen LogP contribution in [0.25, 0.3) is 0 Å². The first kappa shape index (κ1) is 23.3. The number of carbonyl (C=O) groups excluding carboxylic acids is 1. The molecule has 7 heteroatoms. The van der Waals surface area contributed by atoms with E-state index in [1.807, 2.05) is 44.2 Å². The van der Waals surface area contributed by atoms with Crippen molar-refractivity contribution in [2.75, 3.05) is 32.8 Å². The molecule has 1 aliphatic rings. The van der Waals surface area contributed by atoms with Crippen molar-refractivity contribution in [2.24, 2.45) is 0 Å². The molecule has 168 valence electrons. The number of hydrogen-bond donors (Lipinski definition) is 1. The van der Waals surface area contributed by atoms with Gasteiger partial charge in [-0.3, -0.25) is 9.69 Å². The maximum Gasteiger partial charge on any atom is 0.416 e. The Morgan fingerprint density at radius 3 is 2.19 bits per heavy atom. The first-order chi connectivity index (χ1) is 14.7. The molecule has 0 aliphatic carbocycles. The number of morpholine rings is 1. The van der Waals surface area contributed by atoms with E-state index in [2.05, 4.69) is 10.2 Å². The lowest BCUT2D eigenvalue weighted by atomic mass is 9.81. The van der Waals surface area contributed by atoms with Crippen LogP contribution in [0.2, 0.25) is 0 Å². The fourth-order valence-corrected chi connectivity index (χ4v) is 3.91. The van der Waals surface area contributed by atoms with Crippen molar-refractivity contribution >= 4 is 5.91 Å². The van der Waals surface area contributed by atoms with Crippen LogP contribution in [0.15, 0.2) is 54.6 Å². The summed E-state index contributed by atoms with van der Waals surface area (Å²) in [6, 6.07) is 14.9. The van der Waals surface area contributed by atoms with Gasteiger partial charge in [0, 0.05) is 26.1 Å². The van der Waals surface area contributed by atoms with Crippen molar-refractivity contribution in [2.45, 2.75) is 37.9 Å². The Morgan fingerprint density at radius 1 is 1.00 bits per heavy atom. The first-order valence-corrected chi connectivity index (χ1v) is 10.5. The summed E-state index contributed by atoms with van der Waals surface area (Å²) in [4.78, 5) is 14.9. The van der Waals surface area contributed by atoms with E-state index in [4.69, 9.17) is 4.74 Å². The van der Waals surface area contributed by atoms with Crippen molar-refractivity contribution < 1.29 is 22.7 Å². The number of ether oxygens (including phenoxy) is 1. The van der Waals surface area contributed by atoms with Gasteiger partial charge in [-0.25, -0.2) is 0 Å². The summed E-state index contributed by atoms with van der Waals surface area (Å²) >= 11 is 0. The van der Waals surface area contributed by atoms with Crippen molar-refractivity contribution in [3.8, 4) is 0 Å². The topological polar surface area (TPSA) is 41.6 Å². The summed E-state index contributed by atoms with van der Waals surface area (Å²) in [5, 5.41) is 3.01. The second-order valence-electron chi connectivity index (χ2n) is 8.51. The molecule has 3 rings (SSSR count). The molecule has 1 N–H and O–H groups in total. The molecule has 1 amide bonds. The Balaban J connectivity index is 1.69. The van der Waals surface area contributed by atoms with Crippen LogP contribution in [0.5, 0.6) is 0 Å². The van der Waals surface area contributed by atoms with Gasteiger partial charge in [-0.15, -0.1) is 0 Å². The quantitative estimate of drug-likeness (QED) is 0.695. The molecule has 2 aromatic rings. The molecule has 0 spiro atoms. The number of halogens is 3. The van der Waals surface area contributed by atoms with Crippen LogP contribution >= 0.6 is 0 Å². The lowest BCUT2D eigenvalue weighted by Crippen LogP contribution is -2.44. The van der Waals surface area contributed by atoms with Gasteiger partial charge < -0.3 is 10.1 Å². The zero-order valence-electron chi connectivity index (χ0n) is 17.9. The summed E-state index contributed by atoms with van der Waals surface area (Å²) < 4.78 is 44.2. The number of rotatable bonds is 7. The van der Waals surface area contributed by atoms with Gasteiger partial charge in [0.1, 0.15) is 0 Å². The molecule has 0 radical (unpaired) electrons. The smallest absolute Gasteiger partial charge is 0.379 e. The summed E-state index contributed by atoms with van der Waals surface area (Å²) in [7, 11) is 0. The lowest BCUT2D eigenvalue weighted by Gasteiger charge is -2.35. The fourth-order valence-electron chi connectivity index (χ4n) is 3.91. The molecule has 2 aromatic carbocycles. The normalized spacial score (nSPS) is 16.7. The highest BCUT2D eigenvalue weighted by molar-refractivity contribution is 5.77. The number of nitrogens with one attached hydrogen (secondary N) is 1. The summed E-state index contributed by atoms with van der Waals surface area (Å²) in [5.74, 6) is -0.0842. The lowest BCUT2D eigenvalue weighted by molar-refractivity contribution is -0.137. The third-order valence-corrected chi connectivity index (χ3v) is 5.76. The summed E-state index contributed by atoms with van der Waals surface area (Å²) in [6.07, 6.45) is -4.05. The summed E-state index contributed by atoms with van der Waals surface area (Å²) in [5.41, 5.74) is 0.828. The first-order valence-electron chi connectivity index (χ1n) is 10.5. The molecule has 4 nitrogen and oxygen atoms in total. The van der Waals surface area contributed by atoms with E-state index in [1.165, 1.54) is 12.1 Å². The molecular weight excluding hydrogens is 405 g/mol. The number of amides is 1. The van der Waals surface area contributed by atoms with E-state index < -0.39 is 11.7 Å². The van der Waals surface area contributed by atoms with E-state index in [0.717, 1.165) is 23.3 Å². The third-order valence-electron chi connectivity index (χ3n) is 5.76. The van der Waals surface area contributed by atoms with Gasteiger partial charge in [-0.1, -0.05) is 56.3 Å². The van der Waals surface area contributed by atoms with E-state index in [0.29, 0.717) is 39.3 Å². The predicted octanol–water partition coefficient (Wildman–Crippen LogP) is 4.56. The Hall–Kier alpha value is -2.38. The van der Waals surface area contributed by atoms with Crippen molar-refractivity contribution in [3.05, 3.63) is 71.3 Å². The van der Waals surface area contributed by atoms with E-state index in [1.54, 1.807) is 0 Å². The second kappa shape index (κ2) is 9.83. The molecule has 31 heavy (non-hydrogen) atoms. The highest BCUT2D eigenvalue weighted by Gasteiger charge is 2.31. The van der Waals surface area contributed by atoms with Gasteiger partial charge in [0.2, 0.25) is 5.91 Å². The number of alkyl halides is 3. The number of benzene rings is 2. The van der Waals surface area contributed by atoms with Crippen molar-refractivity contribution in [1.29, 1.82) is 0 Å². The molecule has 0 saturated carbocycles. The Morgan fingerprint density at radius 2 is 1.61 bits per heavy atom. The molecule has 0 bridgehead atoms. The number of hydrogen-bond acceptors (Lipinski definition) is 3. The molecule has 1 aliphatic heterocycles. The van der Waals surface area contributed by atoms with Crippen LogP contribution < -0.4 is 5.32 Å². The van der Waals surface area contributed by atoms with Crippen LogP contribution in [0, 0.1) is 0 Å². The van der Waals surface area contributed by atoms with Crippen LogP contribution in [0.4, 0.5) is 13.2 Å².